The second-order valence-corrected chi connectivity index (χ2v) is 3.68. The molecule has 0 aliphatic heterocycles. The average molecular weight is 184 g/mol. The molecule has 0 unspecified atom stereocenters. The summed E-state index contributed by atoms with van der Waals surface area (Å²) < 4.78 is 4.67. The SMILES string of the molecule is COC(=O)C1(C=O)CCCCCC1. The van der Waals surface area contributed by atoms with Crippen LogP contribution in [0, 0.1) is 5.41 Å². The minimum atomic E-state index is -0.828. The first-order chi connectivity index (χ1) is 6.25. The summed E-state index contributed by atoms with van der Waals surface area (Å²) >= 11 is 0. The molecule has 3 heteroatoms. The van der Waals surface area contributed by atoms with Gasteiger partial charge < -0.3 is 9.53 Å². The second kappa shape index (κ2) is 4.40. The fourth-order valence-electron chi connectivity index (χ4n) is 1.93. The molecule has 0 radical (unpaired) electrons. The van der Waals surface area contributed by atoms with Crippen LogP contribution >= 0.6 is 0 Å². The van der Waals surface area contributed by atoms with Gasteiger partial charge in [0.05, 0.1) is 7.11 Å². The van der Waals surface area contributed by atoms with Crippen molar-refractivity contribution in [3.63, 3.8) is 0 Å². The van der Waals surface area contributed by atoms with Crippen molar-refractivity contribution in [2.24, 2.45) is 5.41 Å². The molecule has 0 aromatic rings. The lowest BCUT2D eigenvalue weighted by molar-refractivity contribution is -0.155. The smallest absolute Gasteiger partial charge is 0.319 e. The van der Waals surface area contributed by atoms with Gasteiger partial charge in [-0.25, -0.2) is 0 Å². The third-order valence-electron chi connectivity index (χ3n) is 2.81. The van der Waals surface area contributed by atoms with Gasteiger partial charge in [-0.15, -0.1) is 0 Å². The van der Waals surface area contributed by atoms with Crippen LogP contribution in [0.4, 0.5) is 0 Å². The summed E-state index contributed by atoms with van der Waals surface area (Å²) in [5, 5.41) is 0. The minimum absolute atomic E-state index is 0.357. The number of ether oxygens (including phenoxy) is 1. The summed E-state index contributed by atoms with van der Waals surface area (Å²) in [4.78, 5) is 22.4. The Kier molecular flexibility index (Phi) is 3.46. The van der Waals surface area contributed by atoms with Crippen molar-refractivity contribution >= 4 is 12.3 Å². The van der Waals surface area contributed by atoms with E-state index in [2.05, 4.69) is 4.74 Å². The van der Waals surface area contributed by atoms with Crippen LogP contribution in [0.3, 0.4) is 0 Å². The van der Waals surface area contributed by atoms with E-state index in [9.17, 15) is 9.59 Å². The Labute approximate surface area is 78.5 Å². The van der Waals surface area contributed by atoms with Crippen LogP contribution < -0.4 is 0 Å². The van der Waals surface area contributed by atoms with E-state index >= 15 is 0 Å². The zero-order valence-electron chi connectivity index (χ0n) is 8.04. The number of hydrogen-bond acceptors (Lipinski definition) is 3. The van der Waals surface area contributed by atoms with Gasteiger partial charge in [0.15, 0.2) is 0 Å². The molecule has 1 saturated carbocycles. The van der Waals surface area contributed by atoms with Crippen LogP contribution in [-0.2, 0) is 14.3 Å². The highest BCUT2D eigenvalue weighted by molar-refractivity contribution is 5.93. The molecule has 0 spiro atoms. The Morgan fingerprint density at radius 3 is 2.15 bits per heavy atom. The molecule has 0 heterocycles. The Morgan fingerprint density at radius 2 is 1.77 bits per heavy atom. The first-order valence-electron chi connectivity index (χ1n) is 4.80. The van der Waals surface area contributed by atoms with Gasteiger partial charge in [-0.05, 0) is 12.8 Å². The van der Waals surface area contributed by atoms with E-state index in [1.54, 1.807) is 0 Å². The van der Waals surface area contributed by atoms with Crippen LogP contribution in [0.15, 0.2) is 0 Å². The van der Waals surface area contributed by atoms with Crippen molar-refractivity contribution in [2.45, 2.75) is 38.5 Å². The molecule has 0 amide bonds. The summed E-state index contributed by atoms with van der Waals surface area (Å²) in [6.07, 6.45) is 6.23. The van der Waals surface area contributed by atoms with Gasteiger partial charge in [0, 0.05) is 0 Å². The maximum atomic E-state index is 11.4. The lowest BCUT2D eigenvalue weighted by atomic mass is 9.82. The van der Waals surface area contributed by atoms with Crippen molar-refractivity contribution in [1.29, 1.82) is 0 Å². The van der Waals surface area contributed by atoms with Crippen molar-refractivity contribution in [2.75, 3.05) is 7.11 Å². The molecule has 3 nitrogen and oxygen atoms in total. The number of esters is 1. The second-order valence-electron chi connectivity index (χ2n) is 3.68. The fraction of sp³-hybridized carbons (Fsp3) is 0.800. The summed E-state index contributed by atoms with van der Waals surface area (Å²) in [6, 6.07) is 0. The van der Waals surface area contributed by atoms with Gasteiger partial charge in [-0.1, -0.05) is 25.7 Å². The average Bonchev–Trinajstić information content (AvgIpc) is 2.42. The van der Waals surface area contributed by atoms with Gasteiger partial charge in [-0.3, -0.25) is 4.79 Å². The highest BCUT2D eigenvalue weighted by Crippen LogP contribution is 2.34. The van der Waals surface area contributed by atoms with Gasteiger partial charge in [0.25, 0.3) is 0 Å². The van der Waals surface area contributed by atoms with Crippen molar-refractivity contribution in [1.82, 2.24) is 0 Å². The molecule has 13 heavy (non-hydrogen) atoms. The highest BCUT2D eigenvalue weighted by Gasteiger charge is 2.39. The highest BCUT2D eigenvalue weighted by atomic mass is 16.5. The molecule has 0 saturated heterocycles. The molecular weight excluding hydrogens is 168 g/mol. The number of hydrogen-bond donors (Lipinski definition) is 0. The number of carbonyl (C=O) groups excluding carboxylic acids is 2. The third-order valence-corrected chi connectivity index (χ3v) is 2.81. The predicted octanol–water partition coefficient (Wildman–Crippen LogP) is 1.70. The first-order valence-corrected chi connectivity index (χ1v) is 4.80. The monoisotopic (exact) mass is 184 g/mol. The third kappa shape index (κ3) is 2.08. The quantitative estimate of drug-likeness (QED) is 0.284. The Morgan fingerprint density at radius 1 is 1.23 bits per heavy atom. The molecule has 1 aliphatic carbocycles. The van der Waals surface area contributed by atoms with Gasteiger partial charge in [-0.2, -0.15) is 0 Å². The maximum absolute atomic E-state index is 11.4. The lowest BCUT2D eigenvalue weighted by Crippen LogP contribution is -2.33. The zero-order chi connectivity index (χ0) is 9.73. The van der Waals surface area contributed by atoms with Crippen molar-refractivity contribution < 1.29 is 14.3 Å². The summed E-state index contributed by atoms with van der Waals surface area (Å²) in [5.74, 6) is -0.357. The molecule has 1 aliphatic rings. The molecule has 0 aromatic carbocycles. The molecule has 0 bridgehead atoms. The van der Waals surface area contributed by atoms with Crippen molar-refractivity contribution in [3.05, 3.63) is 0 Å². The number of methoxy groups -OCH3 is 1. The zero-order valence-corrected chi connectivity index (χ0v) is 8.04. The van der Waals surface area contributed by atoms with E-state index in [0.717, 1.165) is 32.0 Å². The van der Waals surface area contributed by atoms with Gasteiger partial charge in [0.2, 0.25) is 0 Å². The number of carbonyl (C=O) groups is 2. The molecular formula is C10H16O3. The van der Waals surface area contributed by atoms with E-state index in [-0.39, 0.29) is 5.97 Å². The van der Waals surface area contributed by atoms with Crippen LogP contribution in [-0.4, -0.2) is 19.4 Å². The van der Waals surface area contributed by atoms with Gasteiger partial charge >= 0.3 is 5.97 Å². The van der Waals surface area contributed by atoms with Gasteiger partial charge in [0.1, 0.15) is 11.7 Å². The largest absolute Gasteiger partial charge is 0.468 e. The molecule has 0 N–H and O–H groups in total. The van der Waals surface area contributed by atoms with E-state index in [0.29, 0.717) is 12.8 Å². The van der Waals surface area contributed by atoms with Crippen LogP contribution in [0.1, 0.15) is 38.5 Å². The molecule has 0 atom stereocenters. The maximum Gasteiger partial charge on any atom is 0.319 e. The summed E-state index contributed by atoms with van der Waals surface area (Å²) in [7, 11) is 1.35. The topological polar surface area (TPSA) is 43.4 Å². The first kappa shape index (κ1) is 10.2. The van der Waals surface area contributed by atoms with Crippen LogP contribution in [0.2, 0.25) is 0 Å². The minimum Gasteiger partial charge on any atom is -0.468 e. The standard InChI is InChI=1S/C10H16O3/c1-13-9(12)10(8-11)6-4-2-3-5-7-10/h8H,2-7H2,1H3. The Bertz CT molecular complexity index is 190. The van der Waals surface area contributed by atoms with Crippen molar-refractivity contribution in [3.8, 4) is 0 Å². The van der Waals surface area contributed by atoms with Crippen LogP contribution in [0.5, 0.6) is 0 Å². The van der Waals surface area contributed by atoms with E-state index in [4.69, 9.17) is 0 Å². The molecule has 0 aromatic heterocycles. The fourth-order valence-corrected chi connectivity index (χ4v) is 1.93. The van der Waals surface area contributed by atoms with E-state index in [1.165, 1.54) is 7.11 Å². The lowest BCUT2D eigenvalue weighted by Gasteiger charge is -2.22. The van der Waals surface area contributed by atoms with E-state index < -0.39 is 5.41 Å². The molecule has 1 fully saturated rings. The Hall–Kier alpha value is -0.860. The normalized spacial score (nSPS) is 21.6. The number of aldehydes is 1. The summed E-state index contributed by atoms with van der Waals surface area (Å²) in [6.45, 7) is 0. The molecule has 74 valence electrons. The predicted molar refractivity (Wildman–Crippen MR) is 48.2 cm³/mol. The number of rotatable bonds is 2. The van der Waals surface area contributed by atoms with Crippen LogP contribution in [0.25, 0.3) is 0 Å². The Balaban J connectivity index is 2.75. The molecule has 1 rings (SSSR count). The van der Waals surface area contributed by atoms with E-state index in [1.807, 2.05) is 0 Å². The summed E-state index contributed by atoms with van der Waals surface area (Å²) in [5.41, 5.74) is -0.828.